The summed E-state index contributed by atoms with van der Waals surface area (Å²) >= 11 is 0. The second-order valence-corrected chi connectivity index (χ2v) is 5.48. The summed E-state index contributed by atoms with van der Waals surface area (Å²) in [4.78, 5) is 6.85. The molecule has 0 aromatic carbocycles. The van der Waals surface area contributed by atoms with Gasteiger partial charge in [-0.05, 0) is 31.4 Å². The molecule has 2 unspecified atom stereocenters. The highest BCUT2D eigenvalue weighted by Crippen LogP contribution is 2.27. The highest BCUT2D eigenvalue weighted by atomic mass is 15.4. The van der Waals surface area contributed by atoms with Crippen molar-refractivity contribution in [2.45, 2.75) is 18.9 Å². The van der Waals surface area contributed by atoms with Gasteiger partial charge in [0.1, 0.15) is 0 Å². The van der Waals surface area contributed by atoms with Crippen molar-refractivity contribution in [3.05, 3.63) is 18.5 Å². The highest BCUT2D eigenvalue weighted by Gasteiger charge is 2.35. The number of piperidine rings is 1. The summed E-state index contributed by atoms with van der Waals surface area (Å²) in [6.07, 6.45) is 5.93. The van der Waals surface area contributed by atoms with Crippen molar-refractivity contribution >= 4 is 5.95 Å². The molecule has 2 aliphatic rings. The lowest BCUT2D eigenvalue weighted by atomic mass is 9.94. The van der Waals surface area contributed by atoms with Gasteiger partial charge in [-0.3, -0.25) is 5.10 Å². The van der Waals surface area contributed by atoms with Crippen molar-refractivity contribution in [2.75, 3.05) is 24.5 Å². The van der Waals surface area contributed by atoms with Crippen LogP contribution in [0.1, 0.15) is 12.8 Å². The Labute approximate surface area is 116 Å². The fourth-order valence-corrected chi connectivity index (χ4v) is 3.16. The van der Waals surface area contributed by atoms with Crippen LogP contribution in [0.5, 0.6) is 0 Å². The molecule has 7 heteroatoms. The molecule has 0 aliphatic carbocycles. The van der Waals surface area contributed by atoms with Crippen LogP contribution in [0.15, 0.2) is 18.5 Å². The van der Waals surface area contributed by atoms with Crippen LogP contribution in [0, 0.1) is 5.92 Å². The second kappa shape index (κ2) is 4.82. The van der Waals surface area contributed by atoms with Crippen molar-refractivity contribution in [3.8, 4) is 11.4 Å². The lowest BCUT2D eigenvalue weighted by Crippen LogP contribution is -2.40. The van der Waals surface area contributed by atoms with Crippen molar-refractivity contribution < 1.29 is 0 Å². The Kier molecular flexibility index (Phi) is 2.84. The molecule has 0 bridgehead atoms. The van der Waals surface area contributed by atoms with E-state index in [1.165, 1.54) is 12.8 Å². The quantitative estimate of drug-likeness (QED) is 0.825. The van der Waals surface area contributed by atoms with Crippen molar-refractivity contribution in [3.63, 3.8) is 0 Å². The molecule has 0 radical (unpaired) electrons. The lowest BCUT2D eigenvalue weighted by molar-refractivity contribution is 0.340. The molecular formula is C13H17N7. The molecule has 4 heterocycles. The van der Waals surface area contributed by atoms with Crippen LogP contribution in [0.4, 0.5) is 5.95 Å². The molecule has 0 amide bonds. The molecule has 2 aliphatic heterocycles. The van der Waals surface area contributed by atoms with Crippen molar-refractivity contribution in [1.82, 2.24) is 30.7 Å². The topological polar surface area (TPSA) is 82.6 Å². The van der Waals surface area contributed by atoms with Crippen LogP contribution in [-0.2, 0) is 0 Å². The fourth-order valence-electron chi connectivity index (χ4n) is 3.16. The maximum absolute atomic E-state index is 4.58. The minimum Gasteiger partial charge on any atom is -0.338 e. The molecule has 2 fully saturated rings. The standard InChI is InChI=1S/C13H17N7/c1-2-10-7-20(8-11(10)14-4-1)13-17-12(18-19-13)9-3-5-15-16-6-9/h3,5-6,10-11,14H,1-2,4,7-8H2,(H,17,18,19). The number of anilines is 1. The van der Waals surface area contributed by atoms with Gasteiger partial charge in [0.25, 0.3) is 0 Å². The third-order valence-electron chi connectivity index (χ3n) is 4.21. The fraction of sp³-hybridized carbons (Fsp3) is 0.538. The first-order valence-electron chi connectivity index (χ1n) is 7.08. The Balaban J connectivity index is 1.54. The number of H-pyrrole nitrogens is 1. The van der Waals surface area contributed by atoms with E-state index < -0.39 is 0 Å². The number of rotatable bonds is 2. The lowest BCUT2D eigenvalue weighted by Gasteiger charge is -2.24. The molecule has 2 aromatic rings. The van der Waals surface area contributed by atoms with Gasteiger partial charge in [-0.15, -0.1) is 5.10 Å². The number of hydrogen-bond acceptors (Lipinski definition) is 6. The predicted octanol–water partition coefficient (Wildman–Crippen LogP) is 0.450. The molecule has 2 N–H and O–H groups in total. The van der Waals surface area contributed by atoms with Gasteiger partial charge >= 0.3 is 0 Å². The minimum atomic E-state index is 0.591. The normalized spacial score (nSPS) is 25.7. The Bertz CT molecular complexity index is 567. The molecule has 7 nitrogen and oxygen atoms in total. The third-order valence-corrected chi connectivity index (χ3v) is 4.21. The average Bonchev–Trinajstić information content (AvgIpc) is 3.14. The summed E-state index contributed by atoms with van der Waals surface area (Å²) in [7, 11) is 0. The highest BCUT2D eigenvalue weighted by molar-refractivity contribution is 5.54. The molecule has 20 heavy (non-hydrogen) atoms. The Morgan fingerprint density at radius 1 is 1.25 bits per heavy atom. The van der Waals surface area contributed by atoms with Crippen LogP contribution >= 0.6 is 0 Å². The molecule has 0 saturated carbocycles. The molecule has 2 aromatic heterocycles. The van der Waals surface area contributed by atoms with Gasteiger partial charge < -0.3 is 10.2 Å². The van der Waals surface area contributed by atoms with E-state index in [2.05, 4.69) is 35.6 Å². The van der Waals surface area contributed by atoms with Crippen LogP contribution in [0.25, 0.3) is 11.4 Å². The SMILES string of the molecule is c1cc(-c2nc(N3CC4CCCNC4C3)n[nH]2)cnn1. The summed E-state index contributed by atoms with van der Waals surface area (Å²) in [5.41, 5.74) is 0.911. The number of aromatic nitrogens is 5. The van der Waals surface area contributed by atoms with Crippen molar-refractivity contribution in [1.29, 1.82) is 0 Å². The second-order valence-electron chi connectivity index (χ2n) is 5.48. The largest absolute Gasteiger partial charge is 0.338 e. The first-order chi connectivity index (χ1) is 9.90. The van der Waals surface area contributed by atoms with Gasteiger partial charge in [-0.2, -0.15) is 15.2 Å². The van der Waals surface area contributed by atoms with Crippen molar-refractivity contribution in [2.24, 2.45) is 5.92 Å². The molecule has 2 saturated heterocycles. The number of nitrogens with zero attached hydrogens (tertiary/aromatic N) is 5. The maximum atomic E-state index is 4.58. The first-order valence-corrected chi connectivity index (χ1v) is 7.08. The maximum Gasteiger partial charge on any atom is 0.245 e. The summed E-state index contributed by atoms with van der Waals surface area (Å²) in [5, 5.41) is 18.6. The summed E-state index contributed by atoms with van der Waals surface area (Å²) < 4.78 is 0. The van der Waals surface area contributed by atoms with Gasteiger partial charge in [0.05, 0.1) is 12.4 Å². The van der Waals surface area contributed by atoms with E-state index in [1.54, 1.807) is 12.4 Å². The van der Waals surface area contributed by atoms with Crippen LogP contribution in [-0.4, -0.2) is 51.1 Å². The van der Waals surface area contributed by atoms with Gasteiger partial charge in [0, 0.05) is 24.7 Å². The van der Waals surface area contributed by atoms with Gasteiger partial charge in [-0.1, -0.05) is 0 Å². The first kappa shape index (κ1) is 11.8. The van der Waals surface area contributed by atoms with E-state index in [0.29, 0.717) is 6.04 Å². The van der Waals surface area contributed by atoms with Crippen LogP contribution in [0.3, 0.4) is 0 Å². The van der Waals surface area contributed by atoms with E-state index in [-0.39, 0.29) is 0 Å². The van der Waals surface area contributed by atoms with E-state index in [9.17, 15) is 0 Å². The minimum absolute atomic E-state index is 0.591. The van der Waals surface area contributed by atoms with Crippen LogP contribution in [0.2, 0.25) is 0 Å². The van der Waals surface area contributed by atoms with E-state index >= 15 is 0 Å². The summed E-state index contributed by atoms with van der Waals surface area (Å²) in [6.45, 7) is 3.18. The zero-order valence-corrected chi connectivity index (χ0v) is 11.2. The van der Waals surface area contributed by atoms with E-state index in [0.717, 1.165) is 42.9 Å². The van der Waals surface area contributed by atoms with Gasteiger partial charge in [0.15, 0.2) is 5.82 Å². The van der Waals surface area contributed by atoms with E-state index in [4.69, 9.17) is 0 Å². The third kappa shape index (κ3) is 2.03. The van der Waals surface area contributed by atoms with Gasteiger partial charge in [-0.25, -0.2) is 0 Å². The summed E-state index contributed by atoms with van der Waals surface area (Å²) in [6, 6.07) is 2.47. The van der Waals surface area contributed by atoms with Crippen LogP contribution < -0.4 is 10.2 Å². The molecule has 104 valence electrons. The smallest absolute Gasteiger partial charge is 0.245 e. The zero-order chi connectivity index (χ0) is 13.4. The Hall–Kier alpha value is -2.02. The average molecular weight is 271 g/mol. The predicted molar refractivity (Wildman–Crippen MR) is 74.1 cm³/mol. The molecule has 0 spiro atoms. The Morgan fingerprint density at radius 3 is 3.10 bits per heavy atom. The zero-order valence-electron chi connectivity index (χ0n) is 11.2. The molecular weight excluding hydrogens is 254 g/mol. The summed E-state index contributed by atoms with van der Waals surface area (Å²) in [5.74, 6) is 2.26. The van der Waals surface area contributed by atoms with Gasteiger partial charge in [0.2, 0.25) is 5.95 Å². The number of hydrogen-bond donors (Lipinski definition) is 2. The number of aromatic amines is 1. The van der Waals surface area contributed by atoms with E-state index in [1.807, 2.05) is 6.07 Å². The number of fused-ring (bicyclic) bond motifs is 1. The number of nitrogens with one attached hydrogen (secondary N) is 2. The Morgan fingerprint density at radius 2 is 2.25 bits per heavy atom. The monoisotopic (exact) mass is 271 g/mol. The molecule has 2 atom stereocenters. The molecule has 4 rings (SSSR count).